The Kier molecular flexibility index (Phi) is 3.31. The highest BCUT2D eigenvalue weighted by molar-refractivity contribution is 9.10. The number of hydrogen-bond acceptors (Lipinski definition) is 3. The molecule has 5 heteroatoms. The number of halogens is 1. The van der Waals surface area contributed by atoms with Gasteiger partial charge in [-0.05, 0) is 42.4 Å². The molecule has 2 heterocycles. The summed E-state index contributed by atoms with van der Waals surface area (Å²) in [5.41, 5.74) is 0. The van der Waals surface area contributed by atoms with Gasteiger partial charge in [0.1, 0.15) is 4.60 Å². The van der Waals surface area contributed by atoms with Gasteiger partial charge in [0, 0.05) is 6.04 Å². The van der Waals surface area contributed by atoms with E-state index in [4.69, 9.17) is 0 Å². The van der Waals surface area contributed by atoms with Crippen LogP contribution in [0.5, 0.6) is 5.75 Å². The van der Waals surface area contributed by atoms with Gasteiger partial charge in [0.05, 0.1) is 12.7 Å². The maximum absolute atomic E-state index is 9.39. The Bertz CT molecular complexity index is 339. The molecule has 0 aromatic carbocycles. The number of aromatic hydroxyl groups is 1. The smallest absolute Gasteiger partial charge is 0.168 e. The summed E-state index contributed by atoms with van der Waals surface area (Å²) in [6.07, 6.45) is 5.27. The van der Waals surface area contributed by atoms with E-state index in [1.807, 2.05) is 4.68 Å². The lowest BCUT2D eigenvalue weighted by atomic mass is 10.0. The average molecular weight is 274 g/mol. The van der Waals surface area contributed by atoms with E-state index < -0.39 is 0 Å². The van der Waals surface area contributed by atoms with E-state index in [1.54, 1.807) is 0 Å². The Labute approximate surface area is 98.0 Å². The fourth-order valence-electron chi connectivity index (χ4n) is 2.06. The fourth-order valence-corrected chi connectivity index (χ4v) is 2.40. The second-order valence-corrected chi connectivity index (χ2v) is 4.88. The molecule has 0 spiro atoms. The molecule has 1 aromatic heterocycles. The predicted octanol–water partition coefficient (Wildman–Crippen LogP) is 1.84. The molecule has 0 bridgehead atoms. The molecule has 1 fully saturated rings. The van der Waals surface area contributed by atoms with Crippen LogP contribution in [0, 0.1) is 0 Å². The number of nitrogens with zero attached hydrogens (tertiary/aromatic N) is 3. The Morgan fingerprint density at radius 3 is 3.00 bits per heavy atom. The molecule has 4 nitrogen and oxygen atoms in total. The highest BCUT2D eigenvalue weighted by atomic mass is 79.9. The van der Waals surface area contributed by atoms with Crippen LogP contribution in [-0.2, 0) is 6.54 Å². The van der Waals surface area contributed by atoms with Crippen LogP contribution in [0.4, 0.5) is 0 Å². The van der Waals surface area contributed by atoms with E-state index in [2.05, 4.69) is 33.0 Å². The zero-order chi connectivity index (χ0) is 10.8. The lowest BCUT2D eigenvalue weighted by Gasteiger charge is -2.32. The van der Waals surface area contributed by atoms with Gasteiger partial charge in [-0.25, -0.2) is 0 Å². The summed E-state index contributed by atoms with van der Waals surface area (Å²) in [5, 5.41) is 13.5. The Hall–Kier alpha value is -0.550. The van der Waals surface area contributed by atoms with Crippen molar-refractivity contribution in [3.63, 3.8) is 0 Å². The molecule has 2 rings (SSSR count). The zero-order valence-corrected chi connectivity index (χ0v) is 10.4. The molecule has 15 heavy (non-hydrogen) atoms. The van der Waals surface area contributed by atoms with E-state index in [1.165, 1.54) is 25.5 Å². The van der Waals surface area contributed by atoms with Crippen molar-refractivity contribution in [2.45, 2.75) is 31.8 Å². The molecular weight excluding hydrogens is 258 g/mol. The second kappa shape index (κ2) is 4.53. The van der Waals surface area contributed by atoms with E-state index >= 15 is 0 Å². The summed E-state index contributed by atoms with van der Waals surface area (Å²) in [7, 11) is 2.15. The summed E-state index contributed by atoms with van der Waals surface area (Å²) in [5.74, 6) is 0.216. The van der Waals surface area contributed by atoms with Crippen molar-refractivity contribution in [2.75, 3.05) is 13.6 Å². The highest BCUT2D eigenvalue weighted by Gasteiger charge is 2.20. The average Bonchev–Trinajstić information content (AvgIpc) is 2.53. The van der Waals surface area contributed by atoms with Gasteiger partial charge in [0.15, 0.2) is 5.75 Å². The first kappa shape index (κ1) is 11.0. The molecule has 0 saturated carbocycles. The van der Waals surface area contributed by atoms with Gasteiger partial charge in [-0.15, -0.1) is 0 Å². The molecule has 1 aromatic rings. The molecule has 1 atom stereocenters. The van der Waals surface area contributed by atoms with Crippen LogP contribution in [0.2, 0.25) is 0 Å². The van der Waals surface area contributed by atoms with Gasteiger partial charge in [-0.3, -0.25) is 4.68 Å². The molecular formula is C10H16BrN3O. The van der Waals surface area contributed by atoms with Gasteiger partial charge in [-0.2, -0.15) is 5.10 Å². The molecule has 1 aliphatic rings. The molecule has 1 aliphatic heterocycles. The molecule has 1 saturated heterocycles. The number of likely N-dealkylation sites (N-methyl/N-ethyl adjacent to an activating group) is 1. The Balaban J connectivity index is 2.04. The number of aromatic nitrogens is 2. The molecule has 84 valence electrons. The lowest BCUT2D eigenvalue weighted by Crippen LogP contribution is -2.39. The maximum atomic E-state index is 9.39. The summed E-state index contributed by atoms with van der Waals surface area (Å²) < 4.78 is 2.50. The number of rotatable bonds is 2. The van der Waals surface area contributed by atoms with E-state index in [0.717, 1.165) is 13.1 Å². The number of piperidine rings is 1. The van der Waals surface area contributed by atoms with Gasteiger partial charge < -0.3 is 10.0 Å². The van der Waals surface area contributed by atoms with Crippen LogP contribution in [0.25, 0.3) is 0 Å². The van der Waals surface area contributed by atoms with E-state index in [9.17, 15) is 5.11 Å². The van der Waals surface area contributed by atoms with Crippen molar-refractivity contribution in [3.8, 4) is 5.75 Å². The number of hydrogen-bond donors (Lipinski definition) is 1. The van der Waals surface area contributed by atoms with Gasteiger partial charge in [0.2, 0.25) is 0 Å². The van der Waals surface area contributed by atoms with Crippen molar-refractivity contribution in [3.05, 3.63) is 10.8 Å². The first-order valence-electron chi connectivity index (χ1n) is 5.29. The minimum Gasteiger partial charge on any atom is -0.504 e. The minimum absolute atomic E-state index is 0.216. The maximum Gasteiger partial charge on any atom is 0.168 e. The quantitative estimate of drug-likeness (QED) is 0.894. The van der Waals surface area contributed by atoms with Crippen LogP contribution < -0.4 is 0 Å². The third kappa shape index (κ3) is 2.34. The van der Waals surface area contributed by atoms with Gasteiger partial charge in [-0.1, -0.05) is 6.42 Å². The molecule has 0 aliphatic carbocycles. The molecule has 1 unspecified atom stereocenters. The number of likely N-dealkylation sites (tertiary alicyclic amines) is 1. The van der Waals surface area contributed by atoms with Crippen molar-refractivity contribution in [2.24, 2.45) is 0 Å². The van der Waals surface area contributed by atoms with E-state index in [0.29, 0.717) is 10.6 Å². The van der Waals surface area contributed by atoms with Crippen LogP contribution in [0.15, 0.2) is 10.8 Å². The molecule has 1 N–H and O–H groups in total. The minimum atomic E-state index is 0.216. The molecule has 0 radical (unpaired) electrons. The summed E-state index contributed by atoms with van der Waals surface area (Å²) in [4.78, 5) is 2.37. The third-order valence-electron chi connectivity index (χ3n) is 3.06. The van der Waals surface area contributed by atoms with Crippen LogP contribution in [0.1, 0.15) is 19.3 Å². The third-order valence-corrected chi connectivity index (χ3v) is 3.88. The Morgan fingerprint density at radius 1 is 1.60 bits per heavy atom. The topological polar surface area (TPSA) is 41.3 Å². The van der Waals surface area contributed by atoms with Crippen molar-refractivity contribution in [1.82, 2.24) is 14.7 Å². The van der Waals surface area contributed by atoms with Gasteiger partial charge >= 0.3 is 0 Å². The largest absolute Gasteiger partial charge is 0.504 e. The molecule has 0 amide bonds. The zero-order valence-electron chi connectivity index (χ0n) is 8.86. The predicted molar refractivity (Wildman–Crippen MR) is 61.9 cm³/mol. The Morgan fingerprint density at radius 2 is 2.40 bits per heavy atom. The lowest BCUT2D eigenvalue weighted by molar-refractivity contribution is 0.162. The monoisotopic (exact) mass is 273 g/mol. The van der Waals surface area contributed by atoms with Crippen molar-refractivity contribution in [1.29, 1.82) is 0 Å². The van der Waals surface area contributed by atoms with Gasteiger partial charge in [0.25, 0.3) is 0 Å². The summed E-state index contributed by atoms with van der Waals surface area (Å²) >= 11 is 3.33. The standard InChI is InChI=1S/C10H16BrN3O/c1-13-5-3-2-4-8(13)7-14-10(11)9(15)6-12-14/h6,8,15H,2-5,7H2,1H3. The fraction of sp³-hybridized carbons (Fsp3) is 0.700. The van der Waals surface area contributed by atoms with Crippen molar-refractivity contribution < 1.29 is 5.11 Å². The van der Waals surface area contributed by atoms with Crippen LogP contribution in [0.3, 0.4) is 0 Å². The summed E-state index contributed by atoms with van der Waals surface area (Å²) in [6.45, 7) is 2.01. The van der Waals surface area contributed by atoms with E-state index in [-0.39, 0.29) is 5.75 Å². The SMILES string of the molecule is CN1CCCCC1Cn1ncc(O)c1Br. The highest BCUT2D eigenvalue weighted by Crippen LogP contribution is 2.24. The first-order chi connectivity index (χ1) is 7.18. The van der Waals surface area contributed by atoms with Crippen molar-refractivity contribution >= 4 is 15.9 Å². The van der Waals surface area contributed by atoms with Crippen LogP contribution >= 0.6 is 15.9 Å². The van der Waals surface area contributed by atoms with Crippen LogP contribution in [-0.4, -0.2) is 39.4 Å². The second-order valence-electron chi connectivity index (χ2n) is 4.13. The summed E-state index contributed by atoms with van der Waals surface area (Å²) in [6, 6.07) is 0.536. The normalized spacial score (nSPS) is 23.2. The first-order valence-corrected chi connectivity index (χ1v) is 6.08.